The van der Waals surface area contributed by atoms with E-state index in [1.165, 1.54) is 10.9 Å². The van der Waals surface area contributed by atoms with E-state index in [9.17, 15) is 9.59 Å². The molecule has 0 aliphatic heterocycles. The Hall–Kier alpha value is -2.14. The average Bonchev–Trinajstić information content (AvgIpc) is 3.05. The van der Waals surface area contributed by atoms with Gasteiger partial charge in [-0.15, -0.1) is 11.3 Å². The zero-order chi connectivity index (χ0) is 16.7. The van der Waals surface area contributed by atoms with Crippen LogP contribution in [-0.2, 0) is 17.6 Å². The summed E-state index contributed by atoms with van der Waals surface area (Å²) in [4.78, 5) is 26.7. The van der Waals surface area contributed by atoms with Gasteiger partial charge in [0.15, 0.2) is 0 Å². The molecule has 1 amide bonds. The Morgan fingerprint density at radius 2 is 2.00 bits per heavy atom. The summed E-state index contributed by atoms with van der Waals surface area (Å²) in [5.41, 5.74) is 0.961. The van der Waals surface area contributed by atoms with Gasteiger partial charge in [0.2, 0.25) is 5.91 Å². The normalized spacial score (nSPS) is 10.5. The number of hydrogen-bond acceptors (Lipinski definition) is 3. The van der Waals surface area contributed by atoms with Crippen molar-refractivity contribution in [3.63, 3.8) is 0 Å². The molecule has 1 N–H and O–H groups in total. The van der Waals surface area contributed by atoms with Gasteiger partial charge in [-0.2, -0.15) is 0 Å². The lowest BCUT2D eigenvalue weighted by atomic mass is 10.1. The molecule has 0 unspecified atom stereocenters. The van der Waals surface area contributed by atoms with E-state index in [1.54, 1.807) is 29.5 Å². The number of benzene rings is 1. The van der Waals surface area contributed by atoms with Crippen LogP contribution in [-0.4, -0.2) is 35.0 Å². The fourth-order valence-corrected chi connectivity index (χ4v) is 3.13. The van der Waals surface area contributed by atoms with Crippen LogP contribution in [0.4, 0.5) is 0 Å². The second kappa shape index (κ2) is 8.48. The second-order valence-corrected chi connectivity index (χ2v) is 6.42. The molecule has 0 aliphatic rings. The quantitative estimate of drug-likeness (QED) is 0.806. The van der Waals surface area contributed by atoms with E-state index in [0.29, 0.717) is 6.54 Å². The van der Waals surface area contributed by atoms with E-state index in [1.807, 2.05) is 16.3 Å². The second-order valence-electron chi connectivity index (χ2n) is 5.39. The molecule has 4 nitrogen and oxygen atoms in total. The van der Waals surface area contributed by atoms with Crippen LogP contribution < -0.4 is 0 Å². The summed E-state index contributed by atoms with van der Waals surface area (Å²) in [6.45, 7) is 3.48. The minimum absolute atomic E-state index is 0.0472. The number of thiophene rings is 1. The Kier molecular flexibility index (Phi) is 6.35. The molecular formula is C18H21NO3S. The van der Waals surface area contributed by atoms with Crippen molar-refractivity contribution >= 4 is 23.2 Å². The molecular weight excluding hydrogens is 310 g/mol. The van der Waals surface area contributed by atoms with Crippen LogP contribution in [0.15, 0.2) is 41.8 Å². The topological polar surface area (TPSA) is 57.6 Å². The smallest absolute Gasteiger partial charge is 0.335 e. The molecule has 1 aromatic heterocycles. The largest absolute Gasteiger partial charge is 0.478 e. The third kappa shape index (κ3) is 5.21. The lowest BCUT2D eigenvalue weighted by Gasteiger charge is -2.22. The Labute approximate surface area is 140 Å². The van der Waals surface area contributed by atoms with Gasteiger partial charge >= 0.3 is 5.97 Å². The van der Waals surface area contributed by atoms with Crippen molar-refractivity contribution in [2.45, 2.75) is 26.2 Å². The lowest BCUT2D eigenvalue weighted by molar-refractivity contribution is -0.130. The highest BCUT2D eigenvalue weighted by atomic mass is 32.1. The van der Waals surface area contributed by atoms with Crippen LogP contribution in [0.5, 0.6) is 0 Å². The monoisotopic (exact) mass is 331 g/mol. The average molecular weight is 331 g/mol. The number of carbonyl (C=O) groups excluding carboxylic acids is 1. The number of carboxylic acid groups (broad SMARTS) is 1. The van der Waals surface area contributed by atoms with Gasteiger partial charge in [0, 0.05) is 18.0 Å². The number of hydrogen-bond donors (Lipinski definition) is 1. The minimum atomic E-state index is -0.970. The molecule has 1 heterocycles. The highest BCUT2D eigenvalue weighted by Gasteiger charge is 2.14. The first-order valence-electron chi connectivity index (χ1n) is 7.72. The fraction of sp³-hybridized carbons (Fsp3) is 0.333. The maximum Gasteiger partial charge on any atom is 0.335 e. The van der Waals surface area contributed by atoms with Crippen molar-refractivity contribution in [3.8, 4) is 0 Å². The molecule has 2 aromatic rings. The van der Waals surface area contributed by atoms with Crippen LogP contribution in [0, 0.1) is 0 Å². The van der Waals surface area contributed by atoms with Gasteiger partial charge < -0.3 is 10.0 Å². The standard InChI is InChI=1S/C18H21NO3S/c1-2-9-19(10-8-16-7-4-11-23-16)17(20)13-14-5-3-6-15(12-14)18(21)22/h3-7,11-12H,2,8-10,13H2,1H3,(H,21,22). The summed E-state index contributed by atoms with van der Waals surface area (Å²) in [5.74, 6) is -0.923. The minimum Gasteiger partial charge on any atom is -0.478 e. The molecule has 0 spiro atoms. The third-order valence-electron chi connectivity index (χ3n) is 3.58. The number of amides is 1. The third-order valence-corrected chi connectivity index (χ3v) is 4.52. The van der Waals surface area contributed by atoms with Gasteiger partial charge in [-0.3, -0.25) is 4.79 Å². The molecule has 0 saturated carbocycles. The zero-order valence-corrected chi connectivity index (χ0v) is 14.0. The molecule has 23 heavy (non-hydrogen) atoms. The molecule has 0 saturated heterocycles. The summed E-state index contributed by atoms with van der Waals surface area (Å²) in [6.07, 6.45) is 2.01. The molecule has 0 fully saturated rings. The van der Waals surface area contributed by atoms with Crippen molar-refractivity contribution in [2.75, 3.05) is 13.1 Å². The van der Waals surface area contributed by atoms with E-state index in [-0.39, 0.29) is 17.9 Å². The Balaban J connectivity index is 1.99. The predicted molar refractivity (Wildman–Crippen MR) is 92.0 cm³/mol. The summed E-state index contributed by atoms with van der Waals surface area (Å²) in [7, 11) is 0. The van der Waals surface area contributed by atoms with E-state index in [0.717, 1.165) is 24.9 Å². The van der Waals surface area contributed by atoms with Crippen molar-refractivity contribution in [1.29, 1.82) is 0 Å². The van der Waals surface area contributed by atoms with Gasteiger partial charge in [0.05, 0.1) is 12.0 Å². The molecule has 0 radical (unpaired) electrons. The van der Waals surface area contributed by atoms with Crippen LogP contribution >= 0.6 is 11.3 Å². The van der Waals surface area contributed by atoms with E-state index in [4.69, 9.17) is 5.11 Å². The van der Waals surface area contributed by atoms with Crippen LogP contribution in [0.3, 0.4) is 0 Å². The van der Waals surface area contributed by atoms with Gasteiger partial charge in [-0.05, 0) is 42.0 Å². The number of nitrogens with zero attached hydrogens (tertiary/aromatic N) is 1. The first-order chi connectivity index (χ1) is 11.1. The molecule has 122 valence electrons. The van der Waals surface area contributed by atoms with Gasteiger partial charge in [-0.25, -0.2) is 4.79 Å². The number of aromatic carboxylic acids is 1. The summed E-state index contributed by atoms with van der Waals surface area (Å²) in [6, 6.07) is 10.7. The highest BCUT2D eigenvalue weighted by Crippen LogP contribution is 2.12. The zero-order valence-electron chi connectivity index (χ0n) is 13.2. The lowest BCUT2D eigenvalue weighted by Crippen LogP contribution is -2.34. The summed E-state index contributed by atoms with van der Waals surface area (Å²) >= 11 is 1.70. The molecule has 0 aliphatic carbocycles. The molecule has 5 heteroatoms. The Bertz CT molecular complexity index is 652. The van der Waals surface area contributed by atoms with Crippen LogP contribution in [0.1, 0.15) is 34.1 Å². The molecule has 1 aromatic carbocycles. The van der Waals surface area contributed by atoms with E-state index < -0.39 is 5.97 Å². The molecule has 0 atom stereocenters. The molecule has 0 bridgehead atoms. The predicted octanol–water partition coefficient (Wildman–Crippen LogP) is 3.47. The summed E-state index contributed by atoms with van der Waals surface area (Å²) in [5, 5.41) is 11.1. The van der Waals surface area contributed by atoms with Crippen molar-refractivity contribution < 1.29 is 14.7 Å². The number of carbonyl (C=O) groups is 2. The van der Waals surface area contributed by atoms with Gasteiger partial charge in [0.1, 0.15) is 0 Å². The first kappa shape index (κ1) is 17.2. The summed E-state index contributed by atoms with van der Waals surface area (Å²) < 4.78 is 0. The highest BCUT2D eigenvalue weighted by molar-refractivity contribution is 7.09. The van der Waals surface area contributed by atoms with Gasteiger partial charge in [0.25, 0.3) is 0 Å². The SMILES string of the molecule is CCCN(CCc1cccs1)C(=O)Cc1cccc(C(=O)O)c1. The van der Waals surface area contributed by atoms with Crippen molar-refractivity contribution in [3.05, 3.63) is 57.8 Å². The van der Waals surface area contributed by atoms with Crippen molar-refractivity contribution in [2.24, 2.45) is 0 Å². The fourth-order valence-electron chi connectivity index (χ4n) is 2.43. The van der Waals surface area contributed by atoms with Crippen molar-refractivity contribution in [1.82, 2.24) is 4.90 Å². The number of carboxylic acids is 1. The van der Waals surface area contributed by atoms with Crippen LogP contribution in [0.25, 0.3) is 0 Å². The van der Waals surface area contributed by atoms with Crippen LogP contribution in [0.2, 0.25) is 0 Å². The van der Waals surface area contributed by atoms with E-state index in [2.05, 4.69) is 13.0 Å². The maximum atomic E-state index is 12.5. The molecule has 2 rings (SSSR count). The maximum absolute atomic E-state index is 12.5. The Morgan fingerprint density at radius 3 is 2.65 bits per heavy atom. The van der Waals surface area contributed by atoms with E-state index >= 15 is 0 Å². The Morgan fingerprint density at radius 1 is 1.17 bits per heavy atom. The van der Waals surface area contributed by atoms with Gasteiger partial charge in [-0.1, -0.05) is 25.1 Å². The first-order valence-corrected chi connectivity index (χ1v) is 8.60. The number of rotatable bonds is 8.